The normalized spacial score (nSPS) is 48.3. The Morgan fingerprint density at radius 1 is 0.879 bits per heavy atom. The minimum atomic E-state index is -0.596. The summed E-state index contributed by atoms with van der Waals surface area (Å²) in [5, 5.41) is 0. The number of carbonyl (C=O) groups excluding carboxylic acids is 3. The molecule has 4 saturated carbocycles. The Morgan fingerprint density at radius 3 is 2.09 bits per heavy atom. The van der Waals surface area contributed by atoms with Crippen molar-refractivity contribution in [2.24, 2.45) is 39.4 Å². The smallest absolute Gasteiger partial charge is 0.302 e. The summed E-state index contributed by atoms with van der Waals surface area (Å²) in [6.07, 6.45) is 4.20. The number of methoxy groups -OCH3 is 1. The quantitative estimate of drug-likeness (QED) is 0.565. The highest BCUT2D eigenvalue weighted by Gasteiger charge is 2.74. The van der Waals surface area contributed by atoms with E-state index in [9.17, 15) is 14.4 Å². The summed E-state index contributed by atoms with van der Waals surface area (Å²) in [7, 11) is 1.67. The van der Waals surface area contributed by atoms with E-state index >= 15 is 0 Å². The van der Waals surface area contributed by atoms with E-state index in [0.717, 1.165) is 32.1 Å². The second-order valence-corrected chi connectivity index (χ2v) is 12.5. The van der Waals surface area contributed by atoms with Crippen LogP contribution in [0.15, 0.2) is 0 Å². The maximum Gasteiger partial charge on any atom is 0.302 e. The van der Waals surface area contributed by atoms with Crippen LogP contribution in [0.2, 0.25) is 0 Å². The molecule has 0 aromatic heterocycles. The molecule has 4 aliphatic carbocycles. The number of carbonyl (C=O) groups is 3. The van der Waals surface area contributed by atoms with E-state index in [0.29, 0.717) is 12.3 Å². The number of hydrogen-bond donors (Lipinski definition) is 0. The Morgan fingerprint density at radius 2 is 1.52 bits per heavy atom. The lowest BCUT2D eigenvalue weighted by Crippen LogP contribution is -2.68. The molecule has 0 radical (unpaired) electrons. The second kappa shape index (κ2) is 7.79. The van der Waals surface area contributed by atoms with Crippen molar-refractivity contribution in [1.29, 1.82) is 0 Å². The third-order valence-electron chi connectivity index (χ3n) is 11.0. The molecule has 0 N–H and O–H groups in total. The minimum Gasteiger partial charge on any atom is -0.462 e. The predicted molar refractivity (Wildman–Crippen MR) is 123 cm³/mol. The van der Waals surface area contributed by atoms with Crippen LogP contribution in [0.25, 0.3) is 0 Å². The second-order valence-electron chi connectivity index (χ2n) is 12.5. The van der Waals surface area contributed by atoms with Gasteiger partial charge in [0, 0.05) is 44.1 Å². The van der Waals surface area contributed by atoms with E-state index in [4.69, 9.17) is 14.2 Å². The van der Waals surface area contributed by atoms with Crippen LogP contribution in [0, 0.1) is 39.4 Å². The topological polar surface area (TPSA) is 78.9 Å². The summed E-state index contributed by atoms with van der Waals surface area (Å²) in [4.78, 5) is 37.6. The fourth-order valence-electron chi connectivity index (χ4n) is 9.42. The molecular weight excluding hydrogens is 420 g/mol. The molecule has 9 atom stereocenters. The van der Waals surface area contributed by atoms with E-state index in [-0.39, 0.29) is 64.1 Å². The van der Waals surface area contributed by atoms with Crippen molar-refractivity contribution in [3.63, 3.8) is 0 Å². The summed E-state index contributed by atoms with van der Waals surface area (Å²) in [6.45, 7) is 14.3. The third-order valence-corrected chi connectivity index (χ3v) is 11.0. The number of esters is 2. The van der Waals surface area contributed by atoms with Crippen LogP contribution in [-0.2, 0) is 28.6 Å². The first-order valence-corrected chi connectivity index (χ1v) is 12.6. The molecule has 4 rings (SSSR count). The monoisotopic (exact) mass is 462 g/mol. The fourth-order valence-corrected chi connectivity index (χ4v) is 9.42. The number of fused-ring (bicyclic) bond motifs is 5. The Labute approximate surface area is 198 Å². The van der Waals surface area contributed by atoms with Crippen LogP contribution >= 0.6 is 0 Å². The molecule has 0 heterocycles. The summed E-state index contributed by atoms with van der Waals surface area (Å²) in [5.74, 6) is 0.198. The van der Waals surface area contributed by atoms with Crippen molar-refractivity contribution in [1.82, 2.24) is 0 Å². The van der Waals surface area contributed by atoms with Gasteiger partial charge in [-0.25, -0.2) is 0 Å². The van der Waals surface area contributed by atoms with Gasteiger partial charge >= 0.3 is 11.9 Å². The average molecular weight is 463 g/mol. The van der Waals surface area contributed by atoms with Crippen molar-refractivity contribution in [3.8, 4) is 0 Å². The van der Waals surface area contributed by atoms with Crippen molar-refractivity contribution < 1.29 is 28.6 Å². The van der Waals surface area contributed by atoms with Gasteiger partial charge < -0.3 is 14.2 Å². The lowest BCUT2D eigenvalue weighted by Gasteiger charge is -2.69. The van der Waals surface area contributed by atoms with Crippen LogP contribution in [0.4, 0.5) is 0 Å². The molecular formula is C27H42O6. The molecule has 0 aromatic carbocycles. The lowest BCUT2D eigenvalue weighted by molar-refractivity contribution is -0.247. The molecule has 6 nitrogen and oxygen atoms in total. The molecule has 0 aromatic rings. The number of hydrogen-bond acceptors (Lipinski definition) is 6. The summed E-state index contributed by atoms with van der Waals surface area (Å²) in [6, 6.07) is 0. The van der Waals surface area contributed by atoms with Crippen LogP contribution in [0.3, 0.4) is 0 Å². The first-order valence-electron chi connectivity index (χ1n) is 12.6. The Bertz CT molecular complexity index is 850. The molecule has 6 heteroatoms. The SMILES string of the molecule is CO[C@H]1CC(=O)[C@]2(C)C1C(OC(C)=O)CC1[C@@]3(C)CC[C@H](OC(C)=O)C(C)(C)C3CC[C@]12C. The van der Waals surface area contributed by atoms with Gasteiger partial charge in [0.2, 0.25) is 0 Å². The number of ether oxygens (including phenoxy) is 3. The van der Waals surface area contributed by atoms with E-state index in [1.54, 1.807) is 7.11 Å². The lowest BCUT2D eigenvalue weighted by atomic mass is 9.35. The Balaban J connectivity index is 1.79. The van der Waals surface area contributed by atoms with Crippen LogP contribution in [0.5, 0.6) is 0 Å². The van der Waals surface area contributed by atoms with Crippen LogP contribution in [-0.4, -0.2) is 43.1 Å². The van der Waals surface area contributed by atoms with Gasteiger partial charge in [-0.1, -0.05) is 34.6 Å². The molecule has 0 aliphatic heterocycles. The van der Waals surface area contributed by atoms with Crippen molar-refractivity contribution in [2.75, 3.05) is 7.11 Å². The number of ketones is 1. The van der Waals surface area contributed by atoms with Crippen molar-refractivity contribution in [2.45, 2.75) is 105 Å². The standard InChI is InChI=1S/C27H42O6/c1-15(28)32-18-13-20-25(5)11-10-22(33-16(2)29)24(3,4)19(25)9-12-26(20,6)27(7)21(30)14-17(31-8)23(18)27/h17-20,22-23H,9-14H2,1-8H3/t17-,18?,19?,20?,22-,23?,25-,26+,27+/m0/s1. The van der Waals surface area contributed by atoms with Gasteiger partial charge in [-0.15, -0.1) is 0 Å². The number of Topliss-reactive ketones (excluding diaryl/α,β-unsaturated/α-hetero) is 1. The number of rotatable bonds is 3. The van der Waals surface area contributed by atoms with Gasteiger partial charge in [-0.3, -0.25) is 14.4 Å². The first kappa shape index (κ1) is 24.7. The van der Waals surface area contributed by atoms with Crippen LogP contribution in [0.1, 0.15) is 87.0 Å². The zero-order valence-electron chi connectivity index (χ0n) is 21.7. The molecule has 0 amide bonds. The highest BCUT2D eigenvalue weighted by Crippen LogP contribution is 2.74. The third kappa shape index (κ3) is 3.25. The maximum absolute atomic E-state index is 13.7. The molecule has 4 fully saturated rings. The van der Waals surface area contributed by atoms with Gasteiger partial charge in [0.15, 0.2) is 0 Å². The van der Waals surface area contributed by atoms with Crippen LogP contribution < -0.4 is 0 Å². The van der Waals surface area contributed by atoms with E-state index in [1.165, 1.54) is 13.8 Å². The fraction of sp³-hybridized carbons (Fsp3) is 0.889. The van der Waals surface area contributed by atoms with E-state index < -0.39 is 5.41 Å². The van der Waals surface area contributed by atoms with Gasteiger partial charge in [0.05, 0.1) is 6.10 Å². The molecule has 186 valence electrons. The Hall–Kier alpha value is -1.43. The zero-order valence-corrected chi connectivity index (χ0v) is 21.7. The van der Waals surface area contributed by atoms with Gasteiger partial charge in [-0.05, 0) is 54.8 Å². The van der Waals surface area contributed by atoms with Gasteiger partial charge in [0.1, 0.15) is 18.0 Å². The summed E-state index contributed by atoms with van der Waals surface area (Å²) < 4.78 is 17.6. The molecule has 33 heavy (non-hydrogen) atoms. The summed E-state index contributed by atoms with van der Waals surface area (Å²) in [5.41, 5.74) is -0.996. The molecule has 0 spiro atoms. The summed E-state index contributed by atoms with van der Waals surface area (Å²) >= 11 is 0. The molecule has 0 bridgehead atoms. The molecule has 0 saturated heterocycles. The van der Waals surface area contributed by atoms with Crippen molar-refractivity contribution >= 4 is 17.7 Å². The van der Waals surface area contributed by atoms with Gasteiger partial charge in [-0.2, -0.15) is 0 Å². The minimum absolute atomic E-state index is 0.0367. The first-order chi connectivity index (χ1) is 15.2. The van der Waals surface area contributed by atoms with E-state index in [1.807, 2.05) is 0 Å². The average Bonchev–Trinajstić information content (AvgIpc) is 2.97. The molecule has 4 aliphatic rings. The maximum atomic E-state index is 13.7. The van der Waals surface area contributed by atoms with E-state index in [2.05, 4.69) is 34.6 Å². The largest absolute Gasteiger partial charge is 0.462 e. The Kier molecular flexibility index (Phi) is 5.83. The zero-order chi connectivity index (χ0) is 24.6. The molecule has 4 unspecified atom stereocenters. The highest BCUT2D eigenvalue weighted by atomic mass is 16.5. The van der Waals surface area contributed by atoms with Gasteiger partial charge in [0.25, 0.3) is 0 Å². The van der Waals surface area contributed by atoms with Crippen molar-refractivity contribution in [3.05, 3.63) is 0 Å². The predicted octanol–water partition coefficient (Wildman–Crippen LogP) is 4.72. The highest BCUT2D eigenvalue weighted by molar-refractivity contribution is 5.89.